The Bertz CT molecular complexity index is 618. The second kappa shape index (κ2) is 7.98. The zero-order chi connectivity index (χ0) is 18.7. The van der Waals surface area contributed by atoms with E-state index in [-0.39, 0.29) is 17.1 Å². The zero-order valence-corrected chi connectivity index (χ0v) is 13.6. The molecule has 25 heavy (non-hydrogen) atoms. The summed E-state index contributed by atoms with van der Waals surface area (Å²) in [6.07, 6.45) is -5.37. The smallest absolute Gasteiger partial charge is 0.339 e. The summed E-state index contributed by atoms with van der Waals surface area (Å²) in [5.74, 6) is -2.86. The molecule has 1 saturated heterocycles. The van der Waals surface area contributed by atoms with Crippen LogP contribution in [0, 0.1) is 5.92 Å². The lowest BCUT2D eigenvalue weighted by atomic mass is 9.94. The SMILES string of the molecule is CCCc1cc(O)cc(OC2O[C@H](O)[C@@H](O)[C@H](O)[C@H]2CO)c1C(=O)O. The quantitative estimate of drug-likeness (QED) is 0.392. The Kier molecular flexibility index (Phi) is 6.20. The van der Waals surface area contributed by atoms with Gasteiger partial charge in [-0.15, -0.1) is 0 Å². The molecule has 0 aromatic heterocycles. The maximum absolute atomic E-state index is 11.6. The number of rotatable bonds is 6. The number of carbonyl (C=O) groups is 1. The number of aromatic carboxylic acids is 1. The van der Waals surface area contributed by atoms with Crippen molar-refractivity contribution in [3.8, 4) is 11.5 Å². The first-order valence-corrected chi connectivity index (χ1v) is 7.86. The number of phenolic OH excluding ortho intramolecular Hbond substituents is 1. The van der Waals surface area contributed by atoms with Gasteiger partial charge in [-0.2, -0.15) is 0 Å². The third kappa shape index (κ3) is 4.02. The summed E-state index contributed by atoms with van der Waals surface area (Å²) < 4.78 is 10.5. The van der Waals surface area contributed by atoms with E-state index in [0.717, 1.165) is 6.07 Å². The number of aryl methyl sites for hydroxylation is 1. The molecule has 1 aliphatic rings. The summed E-state index contributed by atoms with van der Waals surface area (Å²) in [5, 5.41) is 57.9. The molecule has 6 N–H and O–H groups in total. The highest BCUT2D eigenvalue weighted by Gasteiger charge is 2.45. The van der Waals surface area contributed by atoms with Crippen molar-refractivity contribution in [2.75, 3.05) is 6.61 Å². The van der Waals surface area contributed by atoms with Crippen molar-refractivity contribution in [1.29, 1.82) is 0 Å². The Labute approximate surface area is 143 Å². The van der Waals surface area contributed by atoms with Gasteiger partial charge in [-0.05, 0) is 18.1 Å². The van der Waals surface area contributed by atoms with Gasteiger partial charge in [-0.1, -0.05) is 13.3 Å². The molecule has 140 valence electrons. The molecule has 0 amide bonds. The van der Waals surface area contributed by atoms with Crippen LogP contribution in [0.5, 0.6) is 11.5 Å². The lowest BCUT2D eigenvalue weighted by Crippen LogP contribution is -2.57. The summed E-state index contributed by atoms with van der Waals surface area (Å²) in [4.78, 5) is 11.6. The number of aromatic hydroxyl groups is 1. The minimum absolute atomic E-state index is 0.185. The average Bonchev–Trinajstić information content (AvgIpc) is 2.52. The number of aliphatic hydroxyl groups excluding tert-OH is 4. The highest BCUT2D eigenvalue weighted by Crippen LogP contribution is 2.33. The van der Waals surface area contributed by atoms with Crippen LogP contribution in [0.25, 0.3) is 0 Å². The molecule has 1 aromatic rings. The number of benzene rings is 1. The van der Waals surface area contributed by atoms with Crippen molar-refractivity contribution in [1.82, 2.24) is 0 Å². The molecule has 1 fully saturated rings. The first kappa shape index (κ1) is 19.4. The molecule has 5 atom stereocenters. The van der Waals surface area contributed by atoms with Crippen molar-refractivity contribution < 1.29 is 44.9 Å². The molecule has 1 heterocycles. The predicted octanol–water partition coefficient (Wildman–Crippen LogP) is -0.573. The van der Waals surface area contributed by atoms with Crippen LogP contribution in [0.3, 0.4) is 0 Å². The number of carboxylic acids is 1. The number of hydrogen-bond donors (Lipinski definition) is 6. The summed E-state index contributed by atoms with van der Waals surface area (Å²) in [7, 11) is 0. The highest BCUT2D eigenvalue weighted by molar-refractivity contribution is 5.93. The van der Waals surface area contributed by atoms with E-state index in [1.54, 1.807) is 0 Å². The van der Waals surface area contributed by atoms with E-state index in [4.69, 9.17) is 9.47 Å². The van der Waals surface area contributed by atoms with Crippen LogP contribution in [-0.2, 0) is 11.2 Å². The molecule has 0 spiro atoms. The molecule has 9 heteroatoms. The molecular formula is C16H22O9. The fourth-order valence-electron chi connectivity index (χ4n) is 2.80. The molecule has 1 aliphatic heterocycles. The van der Waals surface area contributed by atoms with Crippen molar-refractivity contribution in [2.24, 2.45) is 5.92 Å². The Morgan fingerprint density at radius 3 is 2.48 bits per heavy atom. The second-order valence-electron chi connectivity index (χ2n) is 5.87. The molecule has 0 bridgehead atoms. The first-order chi connectivity index (χ1) is 11.8. The van der Waals surface area contributed by atoms with E-state index in [2.05, 4.69) is 0 Å². The van der Waals surface area contributed by atoms with Crippen LogP contribution < -0.4 is 4.74 Å². The highest BCUT2D eigenvalue weighted by atomic mass is 16.7. The Morgan fingerprint density at radius 2 is 1.92 bits per heavy atom. The zero-order valence-electron chi connectivity index (χ0n) is 13.6. The van der Waals surface area contributed by atoms with Gasteiger partial charge in [0, 0.05) is 6.07 Å². The van der Waals surface area contributed by atoms with Gasteiger partial charge in [-0.25, -0.2) is 4.79 Å². The molecule has 2 rings (SSSR count). The molecule has 1 unspecified atom stereocenters. The van der Waals surface area contributed by atoms with E-state index in [1.807, 2.05) is 6.92 Å². The Morgan fingerprint density at radius 1 is 1.24 bits per heavy atom. The Hall–Kier alpha value is -1.91. The molecule has 0 radical (unpaired) electrons. The van der Waals surface area contributed by atoms with Crippen LogP contribution in [0.4, 0.5) is 0 Å². The molecule has 9 nitrogen and oxygen atoms in total. The van der Waals surface area contributed by atoms with Gasteiger partial charge in [0.2, 0.25) is 6.29 Å². The van der Waals surface area contributed by atoms with Crippen LogP contribution in [-0.4, -0.2) is 68.0 Å². The monoisotopic (exact) mass is 358 g/mol. The molecule has 1 aromatic carbocycles. The van der Waals surface area contributed by atoms with Crippen molar-refractivity contribution in [3.63, 3.8) is 0 Å². The van der Waals surface area contributed by atoms with E-state index in [0.29, 0.717) is 18.4 Å². The lowest BCUT2D eigenvalue weighted by Gasteiger charge is -2.39. The normalized spacial score (nSPS) is 29.4. The summed E-state index contributed by atoms with van der Waals surface area (Å²) in [6, 6.07) is 2.39. The first-order valence-electron chi connectivity index (χ1n) is 7.86. The lowest BCUT2D eigenvalue weighted by molar-refractivity contribution is -0.312. The maximum atomic E-state index is 11.6. The molecule has 0 saturated carbocycles. The summed E-state index contributed by atoms with van der Waals surface area (Å²) in [5.41, 5.74) is 0.164. The van der Waals surface area contributed by atoms with E-state index in [9.17, 15) is 35.4 Å². The molecule has 0 aliphatic carbocycles. The van der Waals surface area contributed by atoms with Crippen LogP contribution in [0.2, 0.25) is 0 Å². The fraction of sp³-hybridized carbons (Fsp3) is 0.562. The number of hydrogen-bond acceptors (Lipinski definition) is 8. The van der Waals surface area contributed by atoms with Crippen molar-refractivity contribution in [2.45, 2.75) is 44.6 Å². The number of ether oxygens (including phenoxy) is 2. The average molecular weight is 358 g/mol. The van der Waals surface area contributed by atoms with E-state index < -0.39 is 43.3 Å². The maximum Gasteiger partial charge on any atom is 0.339 e. The second-order valence-corrected chi connectivity index (χ2v) is 5.87. The van der Waals surface area contributed by atoms with E-state index in [1.165, 1.54) is 6.07 Å². The van der Waals surface area contributed by atoms with Crippen LogP contribution in [0.15, 0.2) is 12.1 Å². The number of carboxylic acid groups (broad SMARTS) is 1. The Balaban J connectivity index is 2.39. The summed E-state index contributed by atoms with van der Waals surface area (Å²) >= 11 is 0. The van der Waals surface area contributed by atoms with Crippen molar-refractivity contribution >= 4 is 5.97 Å². The van der Waals surface area contributed by atoms with Gasteiger partial charge < -0.3 is 40.1 Å². The number of aliphatic hydroxyl groups is 4. The fourth-order valence-corrected chi connectivity index (χ4v) is 2.80. The molecular weight excluding hydrogens is 336 g/mol. The van der Waals surface area contributed by atoms with Crippen molar-refractivity contribution in [3.05, 3.63) is 23.3 Å². The topological polar surface area (TPSA) is 157 Å². The van der Waals surface area contributed by atoms with E-state index >= 15 is 0 Å². The van der Waals surface area contributed by atoms with Gasteiger partial charge in [0.05, 0.1) is 18.6 Å². The number of phenols is 1. The summed E-state index contributed by atoms with van der Waals surface area (Å²) in [6.45, 7) is 1.20. The van der Waals surface area contributed by atoms with Crippen LogP contribution in [0.1, 0.15) is 29.3 Å². The third-order valence-corrected chi connectivity index (χ3v) is 4.06. The third-order valence-electron chi connectivity index (χ3n) is 4.06. The van der Waals surface area contributed by atoms with Gasteiger partial charge in [0.25, 0.3) is 0 Å². The van der Waals surface area contributed by atoms with Gasteiger partial charge in [0.1, 0.15) is 23.2 Å². The largest absolute Gasteiger partial charge is 0.508 e. The standard InChI is InChI=1S/C16H22O9/c1-2-3-7-4-8(18)5-10(11(7)14(21)22)24-16-9(6-17)12(19)13(20)15(23)25-16/h4-5,9,12-13,15-20,23H,2-3,6H2,1H3,(H,21,22)/t9-,12-,13+,15+,16?/m1/s1. The van der Waals surface area contributed by atoms with Gasteiger partial charge in [-0.3, -0.25) is 0 Å². The van der Waals surface area contributed by atoms with Crippen LogP contribution >= 0.6 is 0 Å². The van der Waals surface area contributed by atoms with Gasteiger partial charge >= 0.3 is 5.97 Å². The minimum Gasteiger partial charge on any atom is -0.508 e. The minimum atomic E-state index is -1.77. The predicted molar refractivity (Wildman–Crippen MR) is 83.2 cm³/mol. The van der Waals surface area contributed by atoms with Gasteiger partial charge in [0.15, 0.2) is 6.29 Å².